The Hall–Kier alpha value is -2.07. The van der Waals surface area contributed by atoms with E-state index in [0.29, 0.717) is 6.54 Å². The summed E-state index contributed by atoms with van der Waals surface area (Å²) in [6.07, 6.45) is -0.634. The first kappa shape index (κ1) is 13.4. The van der Waals surface area contributed by atoms with Gasteiger partial charge in [0.1, 0.15) is 24.3 Å². The molecule has 0 saturated carbocycles. The molecule has 2 rings (SSSR count). The molecular weight excluding hydrogens is 245 g/mol. The summed E-state index contributed by atoms with van der Waals surface area (Å²) in [5, 5.41) is 12.8. The van der Waals surface area contributed by atoms with Gasteiger partial charge in [-0.15, -0.1) is 0 Å². The Morgan fingerprint density at radius 1 is 1.05 bits per heavy atom. The second-order valence-electron chi connectivity index (χ2n) is 4.17. The number of para-hydroxylation sites is 1. The Kier molecular flexibility index (Phi) is 4.75. The first-order valence-corrected chi connectivity index (χ1v) is 6.09. The van der Waals surface area contributed by atoms with E-state index in [1.807, 2.05) is 30.3 Å². The zero-order chi connectivity index (χ0) is 13.5. The van der Waals surface area contributed by atoms with Crippen molar-refractivity contribution in [3.8, 4) is 5.75 Å². The van der Waals surface area contributed by atoms with Gasteiger partial charge in [-0.1, -0.05) is 18.2 Å². The average Bonchev–Trinajstić information content (AvgIpc) is 2.45. The summed E-state index contributed by atoms with van der Waals surface area (Å²) in [7, 11) is 0. The molecule has 19 heavy (non-hydrogen) atoms. The fourth-order valence-electron chi connectivity index (χ4n) is 1.57. The van der Waals surface area contributed by atoms with Gasteiger partial charge in [-0.05, 0) is 36.4 Å². The fourth-order valence-corrected chi connectivity index (χ4v) is 1.57. The van der Waals surface area contributed by atoms with Gasteiger partial charge in [-0.25, -0.2) is 4.39 Å². The van der Waals surface area contributed by atoms with Crippen molar-refractivity contribution in [2.24, 2.45) is 0 Å². The number of halogens is 1. The van der Waals surface area contributed by atoms with Crippen LogP contribution in [0.2, 0.25) is 0 Å². The number of anilines is 1. The maximum absolute atomic E-state index is 12.7. The van der Waals surface area contributed by atoms with Crippen molar-refractivity contribution >= 4 is 5.69 Å². The molecule has 0 fully saturated rings. The van der Waals surface area contributed by atoms with Crippen LogP contribution < -0.4 is 10.1 Å². The molecule has 0 aromatic heterocycles. The summed E-state index contributed by atoms with van der Waals surface area (Å²) in [5.74, 6) is 0.446. The van der Waals surface area contributed by atoms with E-state index >= 15 is 0 Å². The lowest BCUT2D eigenvalue weighted by molar-refractivity contribution is 0.117. The van der Waals surface area contributed by atoms with E-state index in [-0.39, 0.29) is 12.4 Å². The van der Waals surface area contributed by atoms with Crippen LogP contribution in [0.1, 0.15) is 0 Å². The molecule has 0 aliphatic rings. The van der Waals surface area contributed by atoms with Crippen LogP contribution in [0, 0.1) is 5.82 Å². The Morgan fingerprint density at radius 2 is 1.74 bits per heavy atom. The van der Waals surface area contributed by atoms with Crippen LogP contribution in [0.15, 0.2) is 54.6 Å². The van der Waals surface area contributed by atoms with E-state index in [1.165, 1.54) is 12.1 Å². The molecule has 0 saturated heterocycles. The zero-order valence-electron chi connectivity index (χ0n) is 10.4. The van der Waals surface area contributed by atoms with Crippen molar-refractivity contribution in [2.75, 3.05) is 18.5 Å². The van der Waals surface area contributed by atoms with E-state index < -0.39 is 6.10 Å². The van der Waals surface area contributed by atoms with Gasteiger partial charge < -0.3 is 15.2 Å². The molecular formula is C15H16FNO2. The molecule has 0 aliphatic heterocycles. The summed E-state index contributed by atoms with van der Waals surface area (Å²) < 4.78 is 18.1. The first-order chi connectivity index (χ1) is 9.24. The van der Waals surface area contributed by atoms with Gasteiger partial charge in [-0.3, -0.25) is 0 Å². The molecule has 0 heterocycles. The predicted octanol–water partition coefficient (Wildman–Crippen LogP) is 2.68. The number of ether oxygens (including phenoxy) is 1. The first-order valence-electron chi connectivity index (χ1n) is 6.09. The normalized spacial score (nSPS) is 11.9. The van der Waals surface area contributed by atoms with Crippen molar-refractivity contribution in [3.05, 3.63) is 60.4 Å². The molecule has 1 unspecified atom stereocenters. The number of aliphatic hydroxyl groups excluding tert-OH is 1. The van der Waals surface area contributed by atoms with Gasteiger partial charge in [0.25, 0.3) is 0 Å². The SMILES string of the molecule is OC(CNc1ccc(F)cc1)COc1ccccc1. The van der Waals surface area contributed by atoms with E-state index in [4.69, 9.17) is 4.74 Å². The minimum Gasteiger partial charge on any atom is -0.491 e. The van der Waals surface area contributed by atoms with E-state index in [9.17, 15) is 9.50 Å². The van der Waals surface area contributed by atoms with Gasteiger partial charge in [0, 0.05) is 12.2 Å². The third-order valence-corrected chi connectivity index (χ3v) is 2.57. The Labute approximate surface area is 111 Å². The molecule has 0 amide bonds. The summed E-state index contributed by atoms with van der Waals surface area (Å²) in [6, 6.07) is 15.3. The van der Waals surface area contributed by atoms with Crippen LogP contribution >= 0.6 is 0 Å². The van der Waals surface area contributed by atoms with E-state index in [0.717, 1.165) is 11.4 Å². The molecule has 100 valence electrons. The van der Waals surface area contributed by atoms with Crippen molar-refractivity contribution in [1.29, 1.82) is 0 Å². The minimum atomic E-state index is -0.634. The lowest BCUT2D eigenvalue weighted by atomic mass is 10.3. The zero-order valence-corrected chi connectivity index (χ0v) is 10.4. The second kappa shape index (κ2) is 6.75. The van der Waals surface area contributed by atoms with Gasteiger partial charge in [-0.2, -0.15) is 0 Å². The molecule has 1 atom stereocenters. The fraction of sp³-hybridized carbons (Fsp3) is 0.200. The molecule has 0 spiro atoms. The Morgan fingerprint density at radius 3 is 2.42 bits per heavy atom. The lowest BCUT2D eigenvalue weighted by Crippen LogP contribution is -2.26. The molecule has 4 heteroatoms. The maximum atomic E-state index is 12.7. The van der Waals surface area contributed by atoms with Crippen LogP contribution in [-0.4, -0.2) is 24.4 Å². The molecule has 3 nitrogen and oxygen atoms in total. The largest absolute Gasteiger partial charge is 0.491 e. The second-order valence-corrected chi connectivity index (χ2v) is 4.17. The average molecular weight is 261 g/mol. The van der Waals surface area contributed by atoms with Crippen LogP contribution in [-0.2, 0) is 0 Å². The molecule has 2 aromatic rings. The number of benzene rings is 2. The quantitative estimate of drug-likeness (QED) is 0.840. The summed E-state index contributed by atoms with van der Waals surface area (Å²) in [6.45, 7) is 0.552. The van der Waals surface area contributed by atoms with E-state index in [2.05, 4.69) is 5.32 Å². The standard InChI is InChI=1S/C15H16FNO2/c16-12-6-8-13(9-7-12)17-10-14(18)11-19-15-4-2-1-3-5-15/h1-9,14,17-18H,10-11H2. The van der Waals surface area contributed by atoms with Crippen LogP contribution in [0.5, 0.6) is 5.75 Å². The maximum Gasteiger partial charge on any atom is 0.123 e. The van der Waals surface area contributed by atoms with Crippen LogP contribution in [0.3, 0.4) is 0 Å². The summed E-state index contributed by atoms with van der Waals surface area (Å²) in [4.78, 5) is 0. The Balaban J connectivity index is 1.72. The number of rotatable bonds is 6. The lowest BCUT2D eigenvalue weighted by Gasteiger charge is -2.14. The number of hydrogen-bond acceptors (Lipinski definition) is 3. The number of aliphatic hydroxyl groups is 1. The summed E-state index contributed by atoms with van der Waals surface area (Å²) >= 11 is 0. The molecule has 2 N–H and O–H groups in total. The van der Waals surface area contributed by atoms with Crippen LogP contribution in [0.4, 0.5) is 10.1 Å². The molecule has 0 bridgehead atoms. The van der Waals surface area contributed by atoms with Gasteiger partial charge >= 0.3 is 0 Å². The van der Waals surface area contributed by atoms with Crippen molar-refractivity contribution in [1.82, 2.24) is 0 Å². The summed E-state index contributed by atoms with van der Waals surface area (Å²) in [5.41, 5.74) is 0.764. The molecule has 0 radical (unpaired) electrons. The minimum absolute atomic E-state index is 0.207. The van der Waals surface area contributed by atoms with Gasteiger partial charge in [0.05, 0.1) is 0 Å². The molecule has 2 aromatic carbocycles. The highest BCUT2D eigenvalue weighted by Gasteiger charge is 2.05. The third kappa shape index (κ3) is 4.60. The van der Waals surface area contributed by atoms with Crippen molar-refractivity contribution in [3.63, 3.8) is 0 Å². The van der Waals surface area contributed by atoms with Crippen molar-refractivity contribution < 1.29 is 14.2 Å². The highest BCUT2D eigenvalue weighted by molar-refractivity contribution is 5.42. The smallest absolute Gasteiger partial charge is 0.123 e. The van der Waals surface area contributed by atoms with Crippen molar-refractivity contribution in [2.45, 2.75) is 6.10 Å². The number of hydrogen-bond donors (Lipinski definition) is 2. The van der Waals surface area contributed by atoms with Gasteiger partial charge in [0.15, 0.2) is 0 Å². The predicted molar refractivity (Wildman–Crippen MR) is 72.8 cm³/mol. The van der Waals surface area contributed by atoms with Crippen LogP contribution in [0.25, 0.3) is 0 Å². The highest BCUT2D eigenvalue weighted by Crippen LogP contribution is 2.10. The topological polar surface area (TPSA) is 41.5 Å². The third-order valence-electron chi connectivity index (χ3n) is 2.57. The monoisotopic (exact) mass is 261 g/mol. The number of nitrogens with one attached hydrogen (secondary N) is 1. The highest BCUT2D eigenvalue weighted by atomic mass is 19.1. The van der Waals surface area contributed by atoms with Gasteiger partial charge in [0.2, 0.25) is 0 Å². The molecule has 0 aliphatic carbocycles. The Bertz CT molecular complexity index is 487. The van der Waals surface area contributed by atoms with E-state index in [1.54, 1.807) is 12.1 Å².